The standard InChI is InChI=1S/C18H28N4OS/c1-12(2)22-15(18(23)20-8-13-3-4-13)7-14-9-21(10-16(14)22)11-17-19-5-6-24-17/h5-6,12-16H,3-4,7-11H2,1-2H3,(H,20,23)/t14-,15+,16+/m1/s1. The maximum atomic E-state index is 12.7. The summed E-state index contributed by atoms with van der Waals surface area (Å²) in [6, 6.07) is 0.999. The Bertz CT molecular complexity index is 572. The van der Waals surface area contributed by atoms with Crippen LogP contribution in [0.5, 0.6) is 0 Å². The molecule has 24 heavy (non-hydrogen) atoms. The zero-order chi connectivity index (χ0) is 16.7. The van der Waals surface area contributed by atoms with Gasteiger partial charge in [0.1, 0.15) is 5.01 Å². The van der Waals surface area contributed by atoms with Gasteiger partial charge in [-0.05, 0) is 44.9 Å². The van der Waals surface area contributed by atoms with Crippen LogP contribution < -0.4 is 5.32 Å². The van der Waals surface area contributed by atoms with Crippen molar-refractivity contribution in [3.63, 3.8) is 0 Å². The molecule has 3 atom stereocenters. The molecule has 132 valence electrons. The van der Waals surface area contributed by atoms with E-state index in [-0.39, 0.29) is 11.9 Å². The lowest BCUT2D eigenvalue weighted by molar-refractivity contribution is -0.126. The van der Waals surface area contributed by atoms with Crippen molar-refractivity contribution in [1.82, 2.24) is 20.1 Å². The number of hydrogen-bond donors (Lipinski definition) is 1. The van der Waals surface area contributed by atoms with E-state index in [1.165, 1.54) is 17.8 Å². The Balaban J connectivity index is 1.39. The number of thiazole rings is 1. The summed E-state index contributed by atoms with van der Waals surface area (Å²) in [5.41, 5.74) is 0. The van der Waals surface area contributed by atoms with Gasteiger partial charge in [-0.3, -0.25) is 14.6 Å². The van der Waals surface area contributed by atoms with Crippen molar-refractivity contribution in [1.29, 1.82) is 0 Å². The molecule has 1 aromatic rings. The molecule has 1 amide bonds. The summed E-state index contributed by atoms with van der Waals surface area (Å²) in [5.74, 6) is 1.62. The first-order valence-electron chi connectivity index (χ1n) is 9.27. The Labute approximate surface area is 148 Å². The Morgan fingerprint density at radius 1 is 1.42 bits per heavy atom. The van der Waals surface area contributed by atoms with E-state index in [1.807, 2.05) is 11.6 Å². The molecule has 2 aliphatic heterocycles. The lowest BCUT2D eigenvalue weighted by Gasteiger charge is -2.33. The molecular weight excluding hydrogens is 320 g/mol. The Kier molecular flexibility index (Phi) is 4.62. The molecular formula is C18H28N4OS. The molecule has 6 heteroatoms. The van der Waals surface area contributed by atoms with Crippen molar-refractivity contribution in [2.45, 2.75) is 57.8 Å². The van der Waals surface area contributed by atoms with Gasteiger partial charge in [-0.15, -0.1) is 11.3 Å². The van der Waals surface area contributed by atoms with Crippen LogP contribution in [0, 0.1) is 11.8 Å². The van der Waals surface area contributed by atoms with Crippen LogP contribution >= 0.6 is 11.3 Å². The number of hydrogen-bond acceptors (Lipinski definition) is 5. The Hall–Kier alpha value is -0.980. The summed E-state index contributed by atoms with van der Waals surface area (Å²) in [4.78, 5) is 22.1. The fourth-order valence-electron chi connectivity index (χ4n) is 4.47. The topological polar surface area (TPSA) is 48.5 Å². The number of carbonyl (C=O) groups excluding carboxylic acids is 1. The predicted octanol–water partition coefficient (Wildman–Crippen LogP) is 1.95. The second-order valence-electron chi connectivity index (χ2n) is 7.93. The lowest BCUT2D eigenvalue weighted by Crippen LogP contribution is -2.50. The van der Waals surface area contributed by atoms with Crippen molar-refractivity contribution < 1.29 is 4.79 Å². The van der Waals surface area contributed by atoms with Gasteiger partial charge in [0.15, 0.2) is 0 Å². The molecule has 0 radical (unpaired) electrons. The van der Waals surface area contributed by atoms with E-state index >= 15 is 0 Å². The zero-order valence-corrected chi connectivity index (χ0v) is 15.5. The fourth-order valence-corrected chi connectivity index (χ4v) is 5.13. The van der Waals surface area contributed by atoms with Gasteiger partial charge in [0.2, 0.25) is 5.91 Å². The van der Waals surface area contributed by atoms with Crippen LogP contribution in [0.1, 0.15) is 38.1 Å². The number of rotatable bonds is 6. The third kappa shape index (κ3) is 3.37. The average molecular weight is 349 g/mol. The first-order chi connectivity index (χ1) is 11.6. The third-order valence-corrected chi connectivity index (χ3v) is 6.52. The number of likely N-dealkylation sites (tertiary alicyclic amines) is 2. The summed E-state index contributed by atoms with van der Waals surface area (Å²) in [6.45, 7) is 8.46. The van der Waals surface area contributed by atoms with Crippen molar-refractivity contribution in [2.24, 2.45) is 11.8 Å². The van der Waals surface area contributed by atoms with E-state index < -0.39 is 0 Å². The molecule has 4 rings (SSSR count). The second kappa shape index (κ2) is 6.73. The highest BCUT2D eigenvalue weighted by Gasteiger charge is 2.49. The van der Waals surface area contributed by atoms with Crippen LogP contribution in [0.4, 0.5) is 0 Å². The maximum Gasteiger partial charge on any atom is 0.237 e. The summed E-state index contributed by atoms with van der Waals surface area (Å²) < 4.78 is 0. The average Bonchev–Trinajstić information content (AvgIpc) is 2.93. The van der Waals surface area contributed by atoms with E-state index in [0.29, 0.717) is 18.0 Å². The quantitative estimate of drug-likeness (QED) is 0.854. The van der Waals surface area contributed by atoms with Gasteiger partial charge in [-0.1, -0.05) is 0 Å². The first kappa shape index (κ1) is 16.5. The molecule has 1 aromatic heterocycles. The first-order valence-corrected chi connectivity index (χ1v) is 10.2. The summed E-state index contributed by atoms with van der Waals surface area (Å²) in [6.07, 6.45) is 5.47. The van der Waals surface area contributed by atoms with Crippen molar-refractivity contribution in [2.75, 3.05) is 19.6 Å². The van der Waals surface area contributed by atoms with Crippen molar-refractivity contribution >= 4 is 17.2 Å². The van der Waals surface area contributed by atoms with Gasteiger partial charge in [-0.25, -0.2) is 4.98 Å². The molecule has 0 aromatic carbocycles. The van der Waals surface area contributed by atoms with E-state index in [2.05, 4.69) is 33.9 Å². The smallest absolute Gasteiger partial charge is 0.237 e. The molecule has 0 unspecified atom stereocenters. The summed E-state index contributed by atoms with van der Waals surface area (Å²) in [5, 5.41) is 6.45. The van der Waals surface area contributed by atoms with E-state index in [1.54, 1.807) is 11.3 Å². The molecule has 0 bridgehead atoms. The molecule has 1 saturated carbocycles. The van der Waals surface area contributed by atoms with Gasteiger partial charge >= 0.3 is 0 Å². The molecule has 1 N–H and O–H groups in total. The molecule has 3 fully saturated rings. The van der Waals surface area contributed by atoms with Crippen LogP contribution in [0.3, 0.4) is 0 Å². The summed E-state index contributed by atoms with van der Waals surface area (Å²) >= 11 is 1.74. The Morgan fingerprint density at radius 3 is 2.92 bits per heavy atom. The normalized spacial score (nSPS) is 30.9. The number of aromatic nitrogens is 1. The van der Waals surface area contributed by atoms with E-state index in [9.17, 15) is 4.79 Å². The van der Waals surface area contributed by atoms with Crippen LogP contribution in [0.15, 0.2) is 11.6 Å². The minimum atomic E-state index is 0.0702. The monoisotopic (exact) mass is 348 g/mol. The highest BCUT2D eigenvalue weighted by Crippen LogP contribution is 2.38. The van der Waals surface area contributed by atoms with Crippen LogP contribution in [0.2, 0.25) is 0 Å². The van der Waals surface area contributed by atoms with Gasteiger partial charge < -0.3 is 5.32 Å². The predicted molar refractivity (Wildman–Crippen MR) is 95.8 cm³/mol. The fraction of sp³-hybridized carbons (Fsp3) is 0.778. The number of amides is 1. The van der Waals surface area contributed by atoms with Crippen molar-refractivity contribution in [3.8, 4) is 0 Å². The molecule has 1 aliphatic carbocycles. The highest BCUT2D eigenvalue weighted by atomic mass is 32.1. The van der Waals surface area contributed by atoms with Gasteiger partial charge in [0.05, 0.1) is 12.6 Å². The SMILES string of the molecule is CC(C)N1[C@H](C(=O)NCC2CC2)C[C@@H]2CN(Cc3nccs3)C[C@@H]21. The third-order valence-electron chi connectivity index (χ3n) is 5.75. The van der Waals surface area contributed by atoms with E-state index in [4.69, 9.17) is 0 Å². The minimum absolute atomic E-state index is 0.0702. The lowest BCUT2D eigenvalue weighted by atomic mass is 10.0. The van der Waals surface area contributed by atoms with Crippen molar-refractivity contribution in [3.05, 3.63) is 16.6 Å². The highest BCUT2D eigenvalue weighted by molar-refractivity contribution is 7.09. The van der Waals surface area contributed by atoms with Crippen LogP contribution in [0.25, 0.3) is 0 Å². The minimum Gasteiger partial charge on any atom is -0.354 e. The summed E-state index contributed by atoms with van der Waals surface area (Å²) in [7, 11) is 0. The van der Waals surface area contributed by atoms with Crippen LogP contribution in [-0.2, 0) is 11.3 Å². The molecule has 3 aliphatic rings. The van der Waals surface area contributed by atoms with Gasteiger partial charge in [0, 0.05) is 43.3 Å². The van der Waals surface area contributed by atoms with E-state index in [0.717, 1.165) is 38.5 Å². The second-order valence-corrected chi connectivity index (χ2v) is 8.91. The molecule has 2 saturated heterocycles. The largest absolute Gasteiger partial charge is 0.354 e. The van der Waals surface area contributed by atoms with Gasteiger partial charge in [0.25, 0.3) is 0 Å². The number of nitrogens with one attached hydrogen (secondary N) is 1. The molecule has 3 heterocycles. The number of nitrogens with zero attached hydrogens (tertiary/aromatic N) is 3. The molecule has 5 nitrogen and oxygen atoms in total. The number of fused-ring (bicyclic) bond motifs is 1. The Morgan fingerprint density at radius 2 is 2.25 bits per heavy atom. The number of carbonyl (C=O) groups is 1. The zero-order valence-electron chi connectivity index (χ0n) is 14.6. The molecule has 0 spiro atoms. The van der Waals surface area contributed by atoms with Crippen LogP contribution in [-0.4, -0.2) is 58.5 Å². The van der Waals surface area contributed by atoms with Gasteiger partial charge in [-0.2, -0.15) is 0 Å². The maximum absolute atomic E-state index is 12.7.